The fourth-order valence-electron chi connectivity index (χ4n) is 2.62. The van der Waals surface area contributed by atoms with Crippen molar-refractivity contribution < 1.29 is 4.79 Å². The first-order valence-corrected chi connectivity index (χ1v) is 6.91. The average Bonchev–Trinajstić information content (AvgIpc) is 2.76. The van der Waals surface area contributed by atoms with Crippen LogP contribution in [-0.4, -0.2) is 36.5 Å². The monoisotopic (exact) mass is 261 g/mol. The SMILES string of the molecule is C=C/C(=C\C=C(/C)C1CNC1)N1CCCC1C(N)=O. The third kappa shape index (κ3) is 3.07. The van der Waals surface area contributed by atoms with Crippen LogP contribution in [0.15, 0.2) is 36.1 Å². The van der Waals surface area contributed by atoms with Crippen LogP contribution in [0.2, 0.25) is 0 Å². The summed E-state index contributed by atoms with van der Waals surface area (Å²) in [6, 6.07) is -0.177. The van der Waals surface area contributed by atoms with Crippen molar-refractivity contribution in [2.45, 2.75) is 25.8 Å². The fourth-order valence-corrected chi connectivity index (χ4v) is 2.62. The van der Waals surface area contributed by atoms with Crippen LogP contribution in [0, 0.1) is 5.92 Å². The van der Waals surface area contributed by atoms with E-state index in [2.05, 4.69) is 35.9 Å². The summed E-state index contributed by atoms with van der Waals surface area (Å²) >= 11 is 0. The first kappa shape index (κ1) is 13.9. The van der Waals surface area contributed by atoms with Crippen LogP contribution in [0.3, 0.4) is 0 Å². The smallest absolute Gasteiger partial charge is 0.240 e. The lowest BCUT2D eigenvalue weighted by Gasteiger charge is -2.28. The van der Waals surface area contributed by atoms with Crippen LogP contribution in [0.1, 0.15) is 19.8 Å². The van der Waals surface area contributed by atoms with Crippen LogP contribution >= 0.6 is 0 Å². The molecule has 104 valence electrons. The molecule has 2 heterocycles. The van der Waals surface area contributed by atoms with Crippen LogP contribution in [0.5, 0.6) is 0 Å². The molecule has 0 aromatic heterocycles. The molecule has 0 spiro atoms. The van der Waals surface area contributed by atoms with Gasteiger partial charge in [-0.2, -0.15) is 0 Å². The molecule has 2 fully saturated rings. The van der Waals surface area contributed by atoms with Gasteiger partial charge in [0, 0.05) is 31.2 Å². The standard InChI is InChI=1S/C15H23N3O/c1-3-13(7-6-11(2)12-9-17-10-12)18-8-4-5-14(18)15(16)19/h3,6-7,12,14,17H,1,4-5,8-10H2,2H3,(H2,16,19)/b11-6+,13-7+. The number of primary amides is 1. The first-order valence-electron chi connectivity index (χ1n) is 6.91. The molecule has 4 nitrogen and oxygen atoms in total. The summed E-state index contributed by atoms with van der Waals surface area (Å²) < 4.78 is 0. The molecule has 0 bridgehead atoms. The summed E-state index contributed by atoms with van der Waals surface area (Å²) in [5.41, 5.74) is 7.81. The highest BCUT2D eigenvalue weighted by Crippen LogP contribution is 2.23. The number of carbonyl (C=O) groups is 1. The van der Waals surface area contributed by atoms with Gasteiger partial charge in [-0.05, 0) is 31.9 Å². The van der Waals surface area contributed by atoms with Gasteiger partial charge in [0.15, 0.2) is 0 Å². The van der Waals surface area contributed by atoms with E-state index in [0.29, 0.717) is 5.92 Å². The Morgan fingerprint density at radius 3 is 2.68 bits per heavy atom. The molecule has 0 saturated carbocycles. The van der Waals surface area contributed by atoms with Gasteiger partial charge < -0.3 is 16.0 Å². The van der Waals surface area contributed by atoms with Gasteiger partial charge >= 0.3 is 0 Å². The zero-order valence-corrected chi connectivity index (χ0v) is 11.6. The number of nitrogens with one attached hydrogen (secondary N) is 1. The maximum atomic E-state index is 11.4. The molecule has 1 atom stereocenters. The fraction of sp³-hybridized carbons (Fsp3) is 0.533. The second-order valence-electron chi connectivity index (χ2n) is 5.32. The lowest BCUT2D eigenvalue weighted by molar-refractivity contribution is -0.121. The Labute approximate surface area is 115 Å². The summed E-state index contributed by atoms with van der Waals surface area (Å²) in [6.45, 7) is 9.01. The van der Waals surface area contributed by atoms with E-state index < -0.39 is 0 Å². The highest BCUT2D eigenvalue weighted by atomic mass is 16.1. The van der Waals surface area contributed by atoms with Crippen LogP contribution in [0.25, 0.3) is 0 Å². The second-order valence-corrected chi connectivity index (χ2v) is 5.32. The number of hydrogen-bond acceptors (Lipinski definition) is 3. The molecule has 0 aromatic rings. The topological polar surface area (TPSA) is 58.4 Å². The maximum absolute atomic E-state index is 11.4. The minimum Gasteiger partial charge on any atom is -0.368 e. The third-order valence-electron chi connectivity index (χ3n) is 4.06. The summed E-state index contributed by atoms with van der Waals surface area (Å²) in [5.74, 6) is 0.405. The van der Waals surface area contributed by atoms with E-state index in [-0.39, 0.29) is 11.9 Å². The maximum Gasteiger partial charge on any atom is 0.240 e. The average molecular weight is 261 g/mol. The van der Waals surface area contributed by atoms with Gasteiger partial charge in [-0.3, -0.25) is 4.79 Å². The Hall–Kier alpha value is -1.55. The van der Waals surface area contributed by atoms with Crippen molar-refractivity contribution in [3.8, 4) is 0 Å². The predicted octanol–water partition coefficient (Wildman–Crippen LogP) is 1.17. The zero-order valence-electron chi connectivity index (χ0n) is 11.6. The number of nitrogens with zero attached hydrogens (tertiary/aromatic N) is 1. The van der Waals surface area contributed by atoms with Crippen molar-refractivity contribution in [3.05, 3.63) is 36.1 Å². The van der Waals surface area contributed by atoms with Gasteiger partial charge in [0.05, 0.1) is 0 Å². The Bertz CT molecular complexity index is 421. The minimum atomic E-state index is -0.242. The van der Waals surface area contributed by atoms with Gasteiger partial charge in [-0.15, -0.1) is 0 Å². The normalized spacial score (nSPS) is 25.3. The molecule has 2 aliphatic heterocycles. The molecule has 0 radical (unpaired) electrons. The number of hydrogen-bond donors (Lipinski definition) is 2. The van der Waals surface area contributed by atoms with E-state index >= 15 is 0 Å². The van der Waals surface area contributed by atoms with Crippen LogP contribution < -0.4 is 11.1 Å². The molecule has 0 aromatic carbocycles. The summed E-state index contributed by atoms with van der Waals surface area (Å²) in [4.78, 5) is 13.5. The Kier molecular flexibility index (Phi) is 4.43. The van der Waals surface area contributed by atoms with Gasteiger partial charge in [0.2, 0.25) is 5.91 Å². The van der Waals surface area contributed by atoms with E-state index in [1.807, 2.05) is 6.08 Å². The predicted molar refractivity (Wildman–Crippen MR) is 77.3 cm³/mol. The number of rotatable bonds is 5. The number of allylic oxidation sites excluding steroid dienone is 3. The number of carbonyl (C=O) groups excluding carboxylic acids is 1. The van der Waals surface area contributed by atoms with Gasteiger partial charge in [-0.25, -0.2) is 0 Å². The lowest BCUT2D eigenvalue weighted by Crippen LogP contribution is -2.42. The minimum absolute atomic E-state index is 0.177. The lowest BCUT2D eigenvalue weighted by atomic mass is 9.94. The van der Waals surface area contributed by atoms with Crippen molar-refractivity contribution in [1.29, 1.82) is 0 Å². The van der Waals surface area contributed by atoms with Gasteiger partial charge in [0.25, 0.3) is 0 Å². The molecule has 19 heavy (non-hydrogen) atoms. The highest BCUT2D eigenvalue weighted by molar-refractivity contribution is 5.80. The Balaban J connectivity index is 2.10. The summed E-state index contributed by atoms with van der Waals surface area (Å²) in [7, 11) is 0. The van der Waals surface area contributed by atoms with Crippen molar-refractivity contribution in [2.24, 2.45) is 11.7 Å². The molecule has 2 aliphatic rings. The van der Waals surface area contributed by atoms with Crippen molar-refractivity contribution in [2.75, 3.05) is 19.6 Å². The molecular formula is C15H23N3O. The second kappa shape index (κ2) is 6.06. The molecule has 2 rings (SSSR count). The molecule has 3 N–H and O–H groups in total. The summed E-state index contributed by atoms with van der Waals surface area (Å²) in [5, 5.41) is 3.27. The molecule has 4 heteroatoms. The van der Waals surface area contributed by atoms with Crippen LogP contribution in [0.4, 0.5) is 0 Å². The van der Waals surface area contributed by atoms with E-state index in [9.17, 15) is 4.79 Å². The van der Waals surface area contributed by atoms with Crippen LogP contribution in [-0.2, 0) is 4.79 Å². The van der Waals surface area contributed by atoms with Gasteiger partial charge in [-0.1, -0.05) is 18.2 Å². The number of likely N-dealkylation sites (tertiary alicyclic amines) is 1. The van der Waals surface area contributed by atoms with E-state index in [1.165, 1.54) is 5.57 Å². The van der Waals surface area contributed by atoms with Crippen molar-refractivity contribution in [3.63, 3.8) is 0 Å². The number of amides is 1. The Morgan fingerprint density at radius 1 is 1.42 bits per heavy atom. The molecular weight excluding hydrogens is 238 g/mol. The zero-order chi connectivity index (χ0) is 13.8. The molecule has 1 unspecified atom stereocenters. The molecule has 0 aliphatic carbocycles. The molecule has 2 saturated heterocycles. The van der Waals surface area contributed by atoms with Crippen molar-refractivity contribution in [1.82, 2.24) is 10.2 Å². The quantitative estimate of drug-likeness (QED) is 0.730. The van der Waals surface area contributed by atoms with Crippen molar-refractivity contribution >= 4 is 5.91 Å². The largest absolute Gasteiger partial charge is 0.368 e. The van der Waals surface area contributed by atoms with E-state index in [0.717, 1.165) is 38.2 Å². The van der Waals surface area contributed by atoms with E-state index in [4.69, 9.17) is 5.73 Å². The highest BCUT2D eigenvalue weighted by Gasteiger charge is 2.29. The Morgan fingerprint density at radius 2 is 2.16 bits per heavy atom. The molecule has 1 amide bonds. The third-order valence-corrected chi connectivity index (χ3v) is 4.06. The van der Waals surface area contributed by atoms with Gasteiger partial charge in [0.1, 0.15) is 6.04 Å². The summed E-state index contributed by atoms with van der Waals surface area (Å²) in [6.07, 6.45) is 7.86. The number of nitrogens with two attached hydrogens (primary N) is 1. The van der Waals surface area contributed by atoms with E-state index in [1.54, 1.807) is 0 Å². The first-order chi connectivity index (χ1) is 9.13.